The largest absolute Gasteiger partial charge is 0.370 e. The van der Waals surface area contributed by atoms with Gasteiger partial charge in [-0.15, -0.1) is 0 Å². The molecule has 6 heteroatoms. The number of morpholine rings is 1. The number of carbonyl (C=O) groups excluding carboxylic acids is 1. The molecule has 138 valence electrons. The zero-order valence-corrected chi connectivity index (χ0v) is 15.9. The van der Waals surface area contributed by atoms with E-state index in [0.29, 0.717) is 13.2 Å². The predicted octanol–water partition coefficient (Wildman–Crippen LogP) is 1.86. The van der Waals surface area contributed by atoms with E-state index < -0.39 is 0 Å². The topological polar surface area (TPSA) is 66.0 Å². The summed E-state index contributed by atoms with van der Waals surface area (Å²) in [6, 6.07) is 8.28. The average Bonchev–Trinajstić information content (AvgIpc) is 2.54. The molecule has 2 N–H and O–H groups in total. The highest BCUT2D eigenvalue weighted by Crippen LogP contribution is 2.24. The Morgan fingerprint density at radius 1 is 1.36 bits per heavy atom. The highest BCUT2D eigenvalue weighted by atomic mass is 16.5. The summed E-state index contributed by atoms with van der Waals surface area (Å²) in [5.74, 6) is 0.684. The number of benzene rings is 1. The lowest BCUT2D eigenvalue weighted by Crippen LogP contribution is -2.52. The van der Waals surface area contributed by atoms with E-state index >= 15 is 0 Å². The van der Waals surface area contributed by atoms with Crippen LogP contribution in [-0.2, 0) is 9.53 Å². The summed E-state index contributed by atoms with van der Waals surface area (Å²) in [5.41, 5.74) is 2.19. The van der Waals surface area contributed by atoms with Crippen molar-refractivity contribution < 1.29 is 9.53 Å². The molecule has 0 spiro atoms. The normalized spacial score (nSPS) is 18.8. The molecule has 6 nitrogen and oxygen atoms in total. The van der Waals surface area contributed by atoms with Gasteiger partial charge in [-0.25, -0.2) is 0 Å². The Kier molecular flexibility index (Phi) is 6.42. The Balaban J connectivity index is 1.96. The van der Waals surface area contributed by atoms with Gasteiger partial charge in [0.05, 0.1) is 19.7 Å². The predicted molar refractivity (Wildman–Crippen MR) is 101 cm³/mol. The average molecular weight is 346 g/mol. The van der Waals surface area contributed by atoms with Crippen LogP contribution in [0.2, 0.25) is 0 Å². The van der Waals surface area contributed by atoms with Crippen LogP contribution in [-0.4, -0.2) is 55.6 Å². The second kappa shape index (κ2) is 8.34. The first kappa shape index (κ1) is 19.2. The number of rotatable bonds is 3. The zero-order chi connectivity index (χ0) is 18.4. The van der Waals surface area contributed by atoms with Crippen molar-refractivity contribution in [2.45, 2.75) is 39.3 Å². The molecule has 25 heavy (non-hydrogen) atoms. The molecule has 1 fully saturated rings. The third kappa shape index (κ3) is 5.74. The fourth-order valence-corrected chi connectivity index (χ4v) is 2.93. The van der Waals surface area contributed by atoms with Gasteiger partial charge in [-0.3, -0.25) is 9.79 Å². The molecule has 0 radical (unpaired) electrons. The Bertz CT molecular complexity index is 622. The van der Waals surface area contributed by atoms with Crippen molar-refractivity contribution in [2.75, 3.05) is 33.3 Å². The first-order chi connectivity index (χ1) is 11.8. The van der Waals surface area contributed by atoms with Gasteiger partial charge in [0.15, 0.2) is 5.96 Å². The number of hydrogen-bond donors (Lipinski definition) is 2. The Morgan fingerprint density at radius 3 is 2.72 bits per heavy atom. The highest BCUT2D eigenvalue weighted by Gasteiger charge is 2.25. The second-order valence-corrected chi connectivity index (χ2v) is 7.36. The quantitative estimate of drug-likeness (QED) is 0.648. The van der Waals surface area contributed by atoms with E-state index in [1.165, 1.54) is 11.1 Å². The highest BCUT2D eigenvalue weighted by molar-refractivity contribution is 5.86. The van der Waals surface area contributed by atoms with E-state index in [-0.39, 0.29) is 24.1 Å². The van der Waals surface area contributed by atoms with Crippen molar-refractivity contribution >= 4 is 11.9 Å². The molecule has 1 aliphatic heterocycles. The molecule has 1 heterocycles. The molecule has 0 aliphatic carbocycles. The van der Waals surface area contributed by atoms with E-state index in [1.807, 2.05) is 32.9 Å². The van der Waals surface area contributed by atoms with Crippen LogP contribution >= 0.6 is 0 Å². The molecule has 1 unspecified atom stereocenters. The van der Waals surface area contributed by atoms with Crippen LogP contribution in [0.15, 0.2) is 29.3 Å². The molecule has 0 saturated carbocycles. The molecule has 1 aliphatic rings. The van der Waals surface area contributed by atoms with Gasteiger partial charge >= 0.3 is 0 Å². The van der Waals surface area contributed by atoms with Crippen LogP contribution in [0, 0.1) is 6.92 Å². The summed E-state index contributed by atoms with van der Waals surface area (Å²) in [6.07, 6.45) is 0.0110. The molecule has 1 atom stereocenters. The van der Waals surface area contributed by atoms with Gasteiger partial charge in [0.1, 0.15) is 6.10 Å². The first-order valence-corrected chi connectivity index (χ1v) is 8.74. The minimum absolute atomic E-state index is 0.0110. The third-order valence-electron chi connectivity index (χ3n) is 4.03. The molecule has 1 amide bonds. The van der Waals surface area contributed by atoms with E-state index in [0.717, 1.165) is 12.5 Å². The number of amides is 1. The van der Waals surface area contributed by atoms with Crippen LogP contribution in [0.4, 0.5) is 0 Å². The number of carbonyl (C=O) groups is 1. The van der Waals surface area contributed by atoms with Gasteiger partial charge in [-0.2, -0.15) is 0 Å². The standard InChI is InChI=1S/C19H30N4O2/c1-14-8-6-7-9-15(14)16-13-23(10-11-25-16)18(20-5)21-12-17(24)22-19(2,3)4/h6-9,16H,10-13H2,1-5H3,(H,20,21)(H,22,24). The SMILES string of the molecule is CN=C(NCC(=O)NC(C)(C)C)N1CCOC(c2ccccc2C)C1. The van der Waals surface area contributed by atoms with Crippen molar-refractivity contribution in [2.24, 2.45) is 4.99 Å². The fraction of sp³-hybridized carbons (Fsp3) is 0.579. The summed E-state index contributed by atoms with van der Waals surface area (Å²) in [4.78, 5) is 18.5. The Hall–Kier alpha value is -2.08. The van der Waals surface area contributed by atoms with Crippen molar-refractivity contribution in [1.29, 1.82) is 0 Å². The number of guanidine groups is 1. The Labute approximate surface area is 150 Å². The summed E-state index contributed by atoms with van der Waals surface area (Å²) < 4.78 is 5.96. The minimum Gasteiger partial charge on any atom is -0.370 e. The molecule has 0 aromatic heterocycles. The minimum atomic E-state index is -0.239. The van der Waals surface area contributed by atoms with Gasteiger partial charge in [-0.1, -0.05) is 24.3 Å². The van der Waals surface area contributed by atoms with Crippen LogP contribution in [0.5, 0.6) is 0 Å². The van der Waals surface area contributed by atoms with Crippen molar-refractivity contribution in [1.82, 2.24) is 15.5 Å². The second-order valence-electron chi connectivity index (χ2n) is 7.36. The van der Waals surface area contributed by atoms with Crippen LogP contribution in [0.3, 0.4) is 0 Å². The van der Waals surface area contributed by atoms with Crippen LogP contribution < -0.4 is 10.6 Å². The number of ether oxygens (including phenoxy) is 1. The molecule has 1 aromatic carbocycles. The zero-order valence-electron chi connectivity index (χ0n) is 15.9. The summed E-state index contributed by atoms with van der Waals surface area (Å²) in [6.45, 7) is 10.3. The lowest BCUT2D eigenvalue weighted by Gasteiger charge is -2.35. The van der Waals surface area contributed by atoms with E-state index in [1.54, 1.807) is 7.05 Å². The van der Waals surface area contributed by atoms with E-state index in [9.17, 15) is 4.79 Å². The van der Waals surface area contributed by atoms with Crippen LogP contribution in [0.1, 0.15) is 38.0 Å². The van der Waals surface area contributed by atoms with E-state index in [2.05, 4.69) is 39.6 Å². The first-order valence-electron chi connectivity index (χ1n) is 8.74. The molecular weight excluding hydrogens is 316 g/mol. The van der Waals surface area contributed by atoms with Gasteiger partial charge in [0.2, 0.25) is 5.91 Å². The van der Waals surface area contributed by atoms with Gasteiger partial charge in [-0.05, 0) is 38.8 Å². The van der Waals surface area contributed by atoms with Gasteiger partial charge in [0.25, 0.3) is 0 Å². The number of aliphatic imine (C=N–C) groups is 1. The summed E-state index contributed by atoms with van der Waals surface area (Å²) in [7, 11) is 1.74. The van der Waals surface area contributed by atoms with Crippen molar-refractivity contribution in [3.8, 4) is 0 Å². The van der Waals surface area contributed by atoms with Gasteiger partial charge in [0, 0.05) is 19.1 Å². The van der Waals surface area contributed by atoms with Crippen molar-refractivity contribution in [3.63, 3.8) is 0 Å². The molecular formula is C19H30N4O2. The fourth-order valence-electron chi connectivity index (χ4n) is 2.93. The maximum atomic E-state index is 12.0. The lowest BCUT2D eigenvalue weighted by molar-refractivity contribution is -0.121. The van der Waals surface area contributed by atoms with Gasteiger partial charge < -0.3 is 20.3 Å². The van der Waals surface area contributed by atoms with E-state index in [4.69, 9.17) is 4.74 Å². The smallest absolute Gasteiger partial charge is 0.239 e. The molecule has 0 bridgehead atoms. The Morgan fingerprint density at radius 2 is 2.08 bits per heavy atom. The van der Waals surface area contributed by atoms with Crippen molar-refractivity contribution in [3.05, 3.63) is 35.4 Å². The number of nitrogens with zero attached hydrogens (tertiary/aromatic N) is 2. The summed E-state index contributed by atoms with van der Waals surface area (Å²) in [5, 5.41) is 6.10. The monoisotopic (exact) mass is 346 g/mol. The maximum Gasteiger partial charge on any atom is 0.239 e. The van der Waals surface area contributed by atoms with Crippen LogP contribution in [0.25, 0.3) is 0 Å². The molecule has 2 rings (SSSR count). The number of aryl methyl sites for hydroxylation is 1. The third-order valence-corrected chi connectivity index (χ3v) is 4.03. The number of hydrogen-bond acceptors (Lipinski definition) is 3. The maximum absolute atomic E-state index is 12.0. The number of nitrogens with one attached hydrogen (secondary N) is 2. The lowest BCUT2D eigenvalue weighted by atomic mass is 10.0. The summed E-state index contributed by atoms with van der Waals surface area (Å²) >= 11 is 0. The molecule has 1 saturated heterocycles. The molecule has 1 aromatic rings.